The van der Waals surface area contributed by atoms with Gasteiger partial charge >= 0.3 is 0 Å². The van der Waals surface area contributed by atoms with E-state index in [1.54, 1.807) is 19.1 Å². The van der Waals surface area contributed by atoms with Crippen LogP contribution in [0.5, 0.6) is 0 Å². The third-order valence-corrected chi connectivity index (χ3v) is 4.18. The van der Waals surface area contributed by atoms with Gasteiger partial charge in [0.1, 0.15) is 17.6 Å². The van der Waals surface area contributed by atoms with Crippen LogP contribution in [0.1, 0.15) is 12.0 Å². The van der Waals surface area contributed by atoms with E-state index in [-0.39, 0.29) is 5.69 Å². The predicted octanol–water partition coefficient (Wildman–Crippen LogP) is 3.26. The van der Waals surface area contributed by atoms with Crippen LogP contribution in [0.25, 0.3) is 0 Å². The fourth-order valence-electron chi connectivity index (χ4n) is 2.83. The second kappa shape index (κ2) is 6.39. The van der Waals surface area contributed by atoms with Gasteiger partial charge < -0.3 is 10.2 Å². The molecule has 1 N–H and O–H groups in total. The number of anilines is 2. The lowest BCUT2D eigenvalue weighted by molar-refractivity contribution is -0.129. The second-order valence-electron chi connectivity index (χ2n) is 5.68. The zero-order valence-corrected chi connectivity index (χ0v) is 13.1. The average molecular weight is 330 g/mol. The van der Waals surface area contributed by atoms with Crippen molar-refractivity contribution >= 4 is 23.2 Å². The van der Waals surface area contributed by atoms with E-state index >= 15 is 0 Å². The summed E-state index contributed by atoms with van der Waals surface area (Å²) in [5, 5.41) is 2.45. The summed E-state index contributed by atoms with van der Waals surface area (Å²) in [5.41, 5.74) is 0.859. The SMILES string of the molecule is Cc1c(F)cccc1N1CCC(C(=O)Nc2ccccc2F)C1=O. The van der Waals surface area contributed by atoms with E-state index in [1.807, 2.05) is 0 Å². The Morgan fingerprint density at radius 1 is 1.12 bits per heavy atom. The molecule has 2 amide bonds. The Morgan fingerprint density at radius 3 is 2.58 bits per heavy atom. The lowest BCUT2D eigenvalue weighted by atomic mass is 10.1. The van der Waals surface area contributed by atoms with Crippen molar-refractivity contribution in [1.29, 1.82) is 0 Å². The van der Waals surface area contributed by atoms with Crippen LogP contribution in [0.15, 0.2) is 42.5 Å². The van der Waals surface area contributed by atoms with Gasteiger partial charge in [-0.3, -0.25) is 9.59 Å². The first kappa shape index (κ1) is 16.1. The van der Waals surface area contributed by atoms with Crippen molar-refractivity contribution in [2.24, 2.45) is 5.92 Å². The molecule has 0 bridgehead atoms. The molecule has 1 aliphatic heterocycles. The van der Waals surface area contributed by atoms with Gasteiger partial charge in [-0.15, -0.1) is 0 Å². The summed E-state index contributed by atoms with van der Waals surface area (Å²) in [4.78, 5) is 26.2. The molecule has 2 aromatic rings. The van der Waals surface area contributed by atoms with E-state index in [2.05, 4.69) is 5.32 Å². The molecule has 1 saturated heterocycles. The number of hydrogen-bond donors (Lipinski definition) is 1. The Labute approximate surface area is 138 Å². The number of halogens is 2. The number of carbonyl (C=O) groups is 2. The summed E-state index contributed by atoms with van der Waals surface area (Å²) in [6.45, 7) is 1.91. The Kier molecular flexibility index (Phi) is 4.29. The highest BCUT2D eigenvalue weighted by molar-refractivity contribution is 6.13. The van der Waals surface area contributed by atoms with Crippen LogP contribution in [-0.4, -0.2) is 18.4 Å². The number of benzene rings is 2. The number of para-hydroxylation sites is 1. The quantitative estimate of drug-likeness (QED) is 0.878. The van der Waals surface area contributed by atoms with Crippen LogP contribution in [0.4, 0.5) is 20.2 Å². The first-order chi connectivity index (χ1) is 11.5. The summed E-state index contributed by atoms with van der Waals surface area (Å²) < 4.78 is 27.3. The van der Waals surface area contributed by atoms with Crippen molar-refractivity contribution in [3.05, 3.63) is 59.7 Å². The van der Waals surface area contributed by atoms with E-state index < -0.39 is 29.4 Å². The van der Waals surface area contributed by atoms with Crippen LogP contribution < -0.4 is 10.2 Å². The smallest absolute Gasteiger partial charge is 0.239 e. The molecule has 1 fully saturated rings. The van der Waals surface area contributed by atoms with E-state index in [1.165, 1.54) is 35.2 Å². The van der Waals surface area contributed by atoms with Crippen molar-refractivity contribution in [2.75, 3.05) is 16.8 Å². The van der Waals surface area contributed by atoms with Gasteiger partial charge in [0.25, 0.3) is 0 Å². The Bertz CT molecular complexity index is 807. The van der Waals surface area contributed by atoms with Crippen LogP contribution in [0.2, 0.25) is 0 Å². The summed E-state index contributed by atoms with van der Waals surface area (Å²) >= 11 is 0. The number of carbonyl (C=O) groups excluding carboxylic acids is 2. The largest absolute Gasteiger partial charge is 0.323 e. The molecule has 0 saturated carbocycles. The second-order valence-corrected chi connectivity index (χ2v) is 5.68. The maximum Gasteiger partial charge on any atom is 0.239 e. The van der Waals surface area contributed by atoms with Gasteiger partial charge in [0, 0.05) is 17.8 Å². The van der Waals surface area contributed by atoms with Gasteiger partial charge in [0.2, 0.25) is 11.8 Å². The Balaban J connectivity index is 1.78. The average Bonchev–Trinajstić information content (AvgIpc) is 2.94. The molecular weight excluding hydrogens is 314 g/mol. The van der Waals surface area contributed by atoms with Gasteiger partial charge in [0.15, 0.2) is 0 Å². The van der Waals surface area contributed by atoms with Crippen LogP contribution in [0, 0.1) is 24.5 Å². The van der Waals surface area contributed by atoms with Gasteiger partial charge in [-0.1, -0.05) is 18.2 Å². The Hall–Kier alpha value is -2.76. The molecular formula is C18H16F2N2O2. The topological polar surface area (TPSA) is 49.4 Å². The van der Waals surface area contributed by atoms with Crippen molar-refractivity contribution in [2.45, 2.75) is 13.3 Å². The maximum absolute atomic E-state index is 13.7. The standard InChI is InChI=1S/C18H16F2N2O2/c1-11-13(19)6-4-8-16(11)22-10-9-12(18(22)24)17(23)21-15-7-3-2-5-14(15)20/h2-8,12H,9-10H2,1H3,(H,21,23). The molecule has 6 heteroatoms. The molecule has 0 radical (unpaired) electrons. The van der Waals surface area contributed by atoms with E-state index in [0.717, 1.165) is 0 Å². The minimum atomic E-state index is -0.910. The number of nitrogens with one attached hydrogen (secondary N) is 1. The third-order valence-electron chi connectivity index (χ3n) is 4.18. The van der Waals surface area contributed by atoms with Crippen LogP contribution in [-0.2, 0) is 9.59 Å². The lowest BCUT2D eigenvalue weighted by Gasteiger charge is -2.19. The molecule has 3 rings (SSSR count). The number of hydrogen-bond acceptors (Lipinski definition) is 2. The molecule has 0 aromatic heterocycles. The summed E-state index contributed by atoms with van der Waals surface area (Å²) in [6.07, 6.45) is 0.301. The monoisotopic (exact) mass is 330 g/mol. The minimum Gasteiger partial charge on any atom is -0.323 e. The van der Waals surface area contributed by atoms with Crippen molar-refractivity contribution in [3.63, 3.8) is 0 Å². The molecule has 1 aliphatic rings. The highest BCUT2D eigenvalue weighted by atomic mass is 19.1. The third kappa shape index (κ3) is 2.87. The maximum atomic E-state index is 13.7. The van der Waals surface area contributed by atoms with Gasteiger partial charge in [-0.25, -0.2) is 8.78 Å². The molecule has 4 nitrogen and oxygen atoms in total. The van der Waals surface area contributed by atoms with E-state index in [0.29, 0.717) is 24.2 Å². The molecule has 1 atom stereocenters. The minimum absolute atomic E-state index is 0.0377. The zero-order valence-electron chi connectivity index (χ0n) is 13.1. The molecule has 124 valence electrons. The fourth-order valence-corrected chi connectivity index (χ4v) is 2.83. The predicted molar refractivity (Wildman–Crippen MR) is 86.6 cm³/mol. The molecule has 1 unspecified atom stereocenters. The van der Waals surface area contributed by atoms with Crippen molar-refractivity contribution in [1.82, 2.24) is 0 Å². The molecule has 1 heterocycles. The zero-order chi connectivity index (χ0) is 17.3. The van der Waals surface area contributed by atoms with E-state index in [4.69, 9.17) is 0 Å². The van der Waals surface area contributed by atoms with E-state index in [9.17, 15) is 18.4 Å². The number of rotatable bonds is 3. The lowest BCUT2D eigenvalue weighted by Crippen LogP contribution is -2.33. The molecule has 24 heavy (non-hydrogen) atoms. The summed E-state index contributed by atoms with van der Waals surface area (Å²) in [5.74, 6) is -2.83. The molecule has 0 spiro atoms. The highest BCUT2D eigenvalue weighted by Gasteiger charge is 2.38. The summed E-state index contributed by atoms with van der Waals surface area (Å²) in [6, 6.07) is 10.3. The van der Waals surface area contributed by atoms with Crippen LogP contribution >= 0.6 is 0 Å². The number of nitrogens with zero attached hydrogens (tertiary/aromatic N) is 1. The first-order valence-corrected chi connectivity index (χ1v) is 7.61. The molecule has 0 aliphatic carbocycles. The first-order valence-electron chi connectivity index (χ1n) is 7.61. The fraction of sp³-hybridized carbons (Fsp3) is 0.222. The van der Waals surface area contributed by atoms with Gasteiger partial charge in [-0.2, -0.15) is 0 Å². The van der Waals surface area contributed by atoms with Crippen molar-refractivity contribution < 1.29 is 18.4 Å². The molecule has 2 aromatic carbocycles. The van der Waals surface area contributed by atoms with Gasteiger partial charge in [0.05, 0.1) is 5.69 Å². The normalized spacial score (nSPS) is 17.2. The highest BCUT2D eigenvalue weighted by Crippen LogP contribution is 2.30. The summed E-state index contributed by atoms with van der Waals surface area (Å²) in [7, 11) is 0. The van der Waals surface area contributed by atoms with Gasteiger partial charge in [-0.05, 0) is 37.6 Å². The Morgan fingerprint density at radius 2 is 1.83 bits per heavy atom. The number of amides is 2. The van der Waals surface area contributed by atoms with Crippen LogP contribution in [0.3, 0.4) is 0 Å². The van der Waals surface area contributed by atoms with Crippen molar-refractivity contribution in [3.8, 4) is 0 Å².